The second-order valence-electron chi connectivity index (χ2n) is 6.89. The number of carbonyl (C=O) groups is 1. The number of nitrogens with zero attached hydrogens (tertiary/aromatic N) is 3. The van der Waals surface area contributed by atoms with Crippen LogP contribution in [-0.4, -0.2) is 60.4 Å². The van der Waals surface area contributed by atoms with E-state index in [1.54, 1.807) is 18.2 Å². The van der Waals surface area contributed by atoms with Crippen molar-refractivity contribution < 1.29 is 9.72 Å². The van der Waals surface area contributed by atoms with Gasteiger partial charge in [-0.25, -0.2) is 0 Å². The number of carbonyl (C=O) groups excluding carboxylic acids is 1. The molecule has 0 unspecified atom stereocenters. The minimum absolute atomic E-state index is 0.0588. The molecule has 1 amide bonds. The molecule has 2 N–H and O–H groups in total. The molecule has 3 rings (SSSR count). The van der Waals surface area contributed by atoms with Crippen LogP contribution in [0.2, 0.25) is 0 Å². The minimum atomic E-state index is -0.390. The number of nitro groups is 1. The predicted octanol–water partition coefficient (Wildman–Crippen LogP) is 2.83. The Balaban J connectivity index is 1.55. The summed E-state index contributed by atoms with van der Waals surface area (Å²) < 4.78 is 0. The predicted molar refractivity (Wildman–Crippen MR) is 114 cm³/mol. The molecule has 0 bridgehead atoms. The van der Waals surface area contributed by atoms with Crippen molar-refractivity contribution in [2.24, 2.45) is 0 Å². The Bertz CT molecular complexity index is 856. The largest absolute Gasteiger partial charge is 0.304 e. The highest BCUT2D eigenvalue weighted by Gasteiger charge is 2.16. The molecule has 0 aromatic heterocycles. The standard InChI is InChI=1S/C20H25N5O3S/c1-23-12-14-24(15-13-23)11-10-20(26)22-21-16-6-2-4-8-18(16)29-19-9-5-3-7-17(19)25(27)28/h2-9,21H,10-15H2,1H3,(H,22,26). The summed E-state index contributed by atoms with van der Waals surface area (Å²) in [5.41, 5.74) is 6.45. The van der Waals surface area contributed by atoms with Crippen molar-refractivity contribution in [2.45, 2.75) is 16.2 Å². The number of nitro benzene ring substituents is 1. The number of hydrazine groups is 1. The van der Waals surface area contributed by atoms with Gasteiger partial charge in [0.1, 0.15) is 0 Å². The van der Waals surface area contributed by atoms with E-state index in [0.29, 0.717) is 17.0 Å². The molecule has 1 saturated heterocycles. The molecule has 0 spiro atoms. The van der Waals surface area contributed by atoms with Gasteiger partial charge in [-0.15, -0.1) is 0 Å². The van der Waals surface area contributed by atoms with Crippen LogP contribution in [0.5, 0.6) is 0 Å². The third-order valence-corrected chi connectivity index (χ3v) is 5.90. The van der Waals surface area contributed by atoms with Crippen molar-refractivity contribution in [3.05, 3.63) is 58.6 Å². The normalized spacial score (nSPS) is 15.1. The van der Waals surface area contributed by atoms with Gasteiger partial charge < -0.3 is 9.80 Å². The fourth-order valence-corrected chi connectivity index (χ4v) is 4.01. The summed E-state index contributed by atoms with van der Waals surface area (Å²) >= 11 is 1.29. The van der Waals surface area contributed by atoms with Crippen LogP contribution in [0.3, 0.4) is 0 Å². The van der Waals surface area contributed by atoms with Gasteiger partial charge >= 0.3 is 0 Å². The molecular weight excluding hydrogens is 390 g/mol. The fourth-order valence-electron chi connectivity index (χ4n) is 3.00. The van der Waals surface area contributed by atoms with Gasteiger partial charge in [0.2, 0.25) is 5.91 Å². The zero-order chi connectivity index (χ0) is 20.6. The Morgan fingerprint density at radius 2 is 1.72 bits per heavy atom. The van der Waals surface area contributed by atoms with E-state index in [9.17, 15) is 14.9 Å². The lowest BCUT2D eigenvalue weighted by molar-refractivity contribution is -0.387. The Labute approximate surface area is 174 Å². The molecule has 1 aliphatic heterocycles. The second kappa shape index (κ2) is 10.2. The number of piperazine rings is 1. The van der Waals surface area contributed by atoms with E-state index in [4.69, 9.17) is 0 Å². The molecule has 9 heteroatoms. The molecule has 0 atom stereocenters. The van der Waals surface area contributed by atoms with E-state index in [-0.39, 0.29) is 11.6 Å². The third kappa shape index (κ3) is 6.18. The Kier molecular flexibility index (Phi) is 7.45. The third-order valence-electron chi connectivity index (χ3n) is 4.76. The smallest absolute Gasteiger partial charge is 0.283 e. The van der Waals surface area contributed by atoms with Crippen LogP contribution < -0.4 is 10.9 Å². The van der Waals surface area contributed by atoms with E-state index in [1.807, 2.05) is 24.3 Å². The Morgan fingerprint density at radius 1 is 1.07 bits per heavy atom. The van der Waals surface area contributed by atoms with Crippen LogP contribution in [0, 0.1) is 10.1 Å². The van der Waals surface area contributed by atoms with Gasteiger partial charge in [0.25, 0.3) is 5.69 Å². The van der Waals surface area contributed by atoms with Gasteiger partial charge in [-0.1, -0.05) is 36.0 Å². The number of amides is 1. The lowest BCUT2D eigenvalue weighted by atomic mass is 10.3. The van der Waals surface area contributed by atoms with Crippen molar-refractivity contribution in [1.29, 1.82) is 0 Å². The summed E-state index contributed by atoms with van der Waals surface area (Å²) in [4.78, 5) is 29.0. The topological polar surface area (TPSA) is 90.8 Å². The van der Waals surface area contributed by atoms with Gasteiger partial charge in [0.15, 0.2) is 0 Å². The van der Waals surface area contributed by atoms with Gasteiger partial charge in [0, 0.05) is 50.1 Å². The average molecular weight is 416 g/mol. The fraction of sp³-hybridized carbons (Fsp3) is 0.350. The highest BCUT2D eigenvalue weighted by Crippen LogP contribution is 2.37. The van der Waals surface area contributed by atoms with Crippen molar-refractivity contribution in [3.63, 3.8) is 0 Å². The summed E-state index contributed by atoms with van der Waals surface area (Å²) in [6, 6.07) is 14.0. The molecule has 2 aromatic rings. The summed E-state index contributed by atoms with van der Waals surface area (Å²) in [5.74, 6) is -0.0885. The van der Waals surface area contributed by atoms with Crippen LogP contribution >= 0.6 is 11.8 Å². The van der Waals surface area contributed by atoms with E-state index in [0.717, 1.165) is 37.6 Å². The lowest BCUT2D eigenvalue weighted by Gasteiger charge is -2.32. The van der Waals surface area contributed by atoms with Crippen molar-refractivity contribution in [1.82, 2.24) is 15.2 Å². The molecule has 1 aliphatic rings. The van der Waals surface area contributed by atoms with E-state index in [2.05, 4.69) is 27.7 Å². The Morgan fingerprint density at radius 3 is 2.45 bits per heavy atom. The van der Waals surface area contributed by atoms with Gasteiger partial charge in [0.05, 0.1) is 15.5 Å². The Hall–Kier alpha value is -2.62. The minimum Gasteiger partial charge on any atom is -0.304 e. The van der Waals surface area contributed by atoms with E-state index in [1.165, 1.54) is 17.8 Å². The maximum Gasteiger partial charge on any atom is 0.283 e. The first-order valence-corrected chi connectivity index (χ1v) is 10.3. The number of rotatable bonds is 8. The maximum absolute atomic E-state index is 12.2. The number of hydrogen-bond donors (Lipinski definition) is 2. The molecular formula is C20H25N5O3S. The lowest BCUT2D eigenvalue weighted by Crippen LogP contribution is -2.45. The molecule has 2 aromatic carbocycles. The molecule has 0 aliphatic carbocycles. The number of nitrogens with one attached hydrogen (secondary N) is 2. The first-order valence-electron chi connectivity index (χ1n) is 9.49. The second-order valence-corrected chi connectivity index (χ2v) is 7.97. The number of benzene rings is 2. The van der Waals surface area contributed by atoms with Crippen molar-refractivity contribution >= 4 is 29.0 Å². The molecule has 154 valence electrons. The molecule has 8 nitrogen and oxygen atoms in total. The number of anilines is 1. The number of likely N-dealkylation sites (N-methyl/N-ethyl adjacent to an activating group) is 1. The van der Waals surface area contributed by atoms with Crippen molar-refractivity contribution in [2.75, 3.05) is 45.2 Å². The van der Waals surface area contributed by atoms with Crippen LogP contribution in [-0.2, 0) is 4.79 Å². The van der Waals surface area contributed by atoms with Gasteiger partial charge in [-0.3, -0.25) is 25.8 Å². The first kappa shape index (κ1) is 21.1. The molecule has 1 heterocycles. The van der Waals surface area contributed by atoms with Crippen LogP contribution in [0.15, 0.2) is 58.3 Å². The van der Waals surface area contributed by atoms with E-state index < -0.39 is 4.92 Å². The quantitative estimate of drug-likeness (QED) is 0.506. The summed E-state index contributed by atoms with van der Waals surface area (Å²) in [5, 5.41) is 11.2. The maximum atomic E-state index is 12.2. The summed E-state index contributed by atoms with van der Waals surface area (Å²) in [7, 11) is 2.10. The summed E-state index contributed by atoms with van der Waals surface area (Å²) in [6.45, 7) is 4.74. The van der Waals surface area contributed by atoms with Crippen LogP contribution in [0.1, 0.15) is 6.42 Å². The van der Waals surface area contributed by atoms with Crippen molar-refractivity contribution in [3.8, 4) is 0 Å². The summed E-state index contributed by atoms with van der Waals surface area (Å²) in [6.07, 6.45) is 0.413. The average Bonchev–Trinajstić information content (AvgIpc) is 2.73. The van der Waals surface area contributed by atoms with Gasteiger partial charge in [-0.05, 0) is 25.2 Å². The highest BCUT2D eigenvalue weighted by atomic mass is 32.2. The van der Waals surface area contributed by atoms with Crippen LogP contribution in [0.25, 0.3) is 0 Å². The molecule has 0 saturated carbocycles. The monoisotopic (exact) mass is 415 g/mol. The SMILES string of the molecule is CN1CCN(CCC(=O)NNc2ccccc2Sc2ccccc2[N+](=O)[O-])CC1. The number of hydrogen-bond acceptors (Lipinski definition) is 7. The number of para-hydroxylation sites is 2. The first-order chi connectivity index (χ1) is 14.0. The zero-order valence-electron chi connectivity index (χ0n) is 16.3. The van der Waals surface area contributed by atoms with E-state index >= 15 is 0 Å². The molecule has 29 heavy (non-hydrogen) atoms. The highest BCUT2D eigenvalue weighted by molar-refractivity contribution is 7.99. The molecule has 1 fully saturated rings. The van der Waals surface area contributed by atoms with Gasteiger partial charge in [-0.2, -0.15) is 0 Å². The van der Waals surface area contributed by atoms with Crippen LogP contribution in [0.4, 0.5) is 11.4 Å². The zero-order valence-corrected chi connectivity index (χ0v) is 17.2. The molecule has 0 radical (unpaired) electrons.